The Bertz CT molecular complexity index is 663. The van der Waals surface area contributed by atoms with E-state index in [9.17, 15) is 4.79 Å². The Hall–Kier alpha value is -1.63. The Morgan fingerprint density at radius 1 is 1.43 bits per heavy atom. The second kappa shape index (κ2) is 6.01. The molecule has 0 aliphatic heterocycles. The molecule has 6 nitrogen and oxygen atoms in total. The van der Waals surface area contributed by atoms with Crippen molar-refractivity contribution in [2.75, 3.05) is 5.32 Å². The Morgan fingerprint density at radius 2 is 2.14 bits per heavy atom. The number of aromatic nitrogens is 3. The minimum atomic E-state index is -0.606. The Labute approximate surface area is 132 Å². The van der Waals surface area contributed by atoms with Crippen molar-refractivity contribution in [3.8, 4) is 0 Å². The van der Waals surface area contributed by atoms with Crippen molar-refractivity contribution >= 4 is 34.8 Å². The molecule has 0 saturated heterocycles. The molecule has 0 radical (unpaired) electrons. The average Bonchev–Trinajstić information content (AvgIpc) is 2.82. The minimum Gasteiger partial charge on any atom is -0.323 e. The summed E-state index contributed by atoms with van der Waals surface area (Å²) in [4.78, 5) is 12.0. The van der Waals surface area contributed by atoms with E-state index < -0.39 is 5.54 Å². The van der Waals surface area contributed by atoms with Crippen LogP contribution in [0.15, 0.2) is 24.4 Å². The quantitative estimate of drug-likeness (QED) is 0.902. The number of nitrogens with one attached hydrogen (secondary N) is 1. The van der Waals surface area contributed by atoms with Gasteiger partial charge < -0.3 is 11.1 Å². The van der Waals surface area contributed by atoms with E-state index in [1.54, 1.807) is 24.4 Å². The monoisotopic (exact) mass is 327 g/mol. The molecule has 112 valence electrons. The summed E-state index contributed by atoms with van der Waals surface area (Å²) in [6.45, 7) is 3.63. The number of nitrogens with two attached hydrogens (primary N) is 1. The molecular weight excluding hydrogens is 313 g/mol. The molecule has 1 amide bonds. The number of carbonyl (C=O) groups is 1. The fraction of sp³-hybridized carbons (Fsp3) is 0.308. The van der Waals surface area contributed by atoms with Crippen molar-refractivity contribution in [1.82, 2.24) is 15.0 Å². The highest BCUT2D eigenvalue weighted by atomic mass is 35.5. The van der Waals surface area contributed by atoms with Gasteiger partial charge >= 0.3 is 0 Å². The predicted molar refractivity (Wildman–Crippen MR) is 82.3 cm³/mol. The van der Waals surface area contributed by atoms with Gasteiger partial charge in [0, 0.05) is 5.02 Å². The van der Waals surface area contributed by atoms with E-state index in [0.29, 0.717) is 21.4 Å². The van der Waals surface area contributed by atoms with Gasteiger partial charge in [0.1, 0.15) is 12.2 Å². The highest BCUT2D eigenvalue weighted by Gasteiger charge is 2.19. The number of hydrogen-bond donors (Lipinski definition) is 2. The molecule has 0 atom stereocenters. The highest BCUT2D eigenvalue weighted by molar-refractivity contribution is 6.35. The maximum atomic E-state index is 12.0. The van der Waals surface area contributed by atoms with Crippen LogP contribution in [-0.4, -0.2) is 20.9 Å². The van der Waals surface area contributed by atoms with Gasteiger partial charge in [0.25, 0.3) is 0 Å². The van der Waals surface area contributed by atoms with Gasteiger partial charge in [-0.1, -0.05) is 28.4 Å². The number of hydrogen-bond acceptors (Lipinski definition) is 4. The molecule has 0 bridgehead atoms. The summed E-state index contributed by atoms with van der Waals surface area (Å²) in [6.07, 6.45) is 1.64. The first kappa shape index (κ1) is 15.8. The minimum absolute atomic E-state index is 0.00588. The Kier molecular flexibility index (Phi) is 4.51. The van der Waals surface area contributed by atoms with Gasteiger partial charge in [-0.3, -0.25) is 4.79 Å². The number of carbonyl (C=O) groups excluding carboxylic acids is 1. The van der Waals surface area contributed by atoms with Crippen LogP contribution in [0.3, 0.4) is 0 Å². The fourth-order valence-electron chi connectivity index (χ4n) is 1.60. The Morgan fingerprint density at radius 3 is 2.76 bits per heavy atom. The summed E-state index contributed by atoms with van der Waals surface area (Å²) in [5.74, 6) is -0.287. The normalized spacial score (nSPS) is 11.5. The number of halogens is 2. The lowest BCUT2D eigenvalue weighted by Gasteiger charge is -2.13. The van der Waals surface area contributed by atoms with Crippen LogP contribution in [0.4, 0.5) is 5.69 Å². The molecule has 0 saturated carbocycles. The van der Waals surface area contributed by atoms with Crippen molar-refractivity contribution in [3.63, 3.8) is 0 Å². The van der Waals surface area contributed by atoms with Crippen LogP contribution in [-0.2, 0) is 16.9 Å². The number of rotatable bonds is 4. The molecule has 2 rings (SSSR count). The fourth-order valence-corrected chi connectivity index (χ4v) is 1.94. The number of nitrogens with zero attached hydrogens (tertiary/aromatic N) is 3. The second-order valence-corrected chi connectivity index (χ2v) is 6.04. The molecule has 8 heteroatoms. The third-order valence-corrected chi connectivity index (χ3v) is 3.27. The molecule has 1 heterocycles. The predicted octanol–water partition coefficient (Wildman–Crippen LogP) is 2.42. The molecule has 1 aromatic heterocycles. The molecule has 3 N–H and O–H groups in total. The average molecular weight is 328 g/mol. The molecule has 0 aliphatic rings. The summed E-state index contributed by atoms with van der Waals surface area (Å²) in [6, 6.07) is 4.84. The van der Waals surface area contributed by atoms with Gasteiger partial charge in [0.2, 0.25) is 5.91 Å². The van der Waals surface area contributed by atoms with Crippen molar-refractivity contribution in [3.05, 3.63) is 40.1 Å². The lowest BCUT2D eigenvalue weighted by molar-refractivity contribution is -0.116. The zero-order valence-electron chi connectivity index (χ0n) is 11.6. The molecule has 21 heavy (non-hydrogen) atoms. The molecule has 0 fully saturated rings. The number of benzene rings is 1. The van der Waals surface area contributed by atoms with Crippen LogP contribution in [0.5, 0.6) is 0 Å². The number of amides is 1. The van der Waals surface area contributed by atoms with Crippen molar-refractivity contribution in [1.29, 1.82) is 0 Å². The largest absolute Gasteiger partial charge is 0.323 e. The smallest absolute Gasteiger partial charge is 0.246 e. The lowest BCUT2D eigenvalue weighted by Crippen LogP contribution is -2.29. The zero-order chi connectivity index (χ0) is 15.6. The van der Waals surface area contributed by atoms with Crippen LogP contribution in [0.1, 0.15) is 19.5 Å². The van der Waals surface area contributed by atoms with Crippen molar-refractivity contribution < 1.29 is 4.79 Å². The van der Waals surface area contributed by atoms with E-state index >= 15 is 0 Å². The van der Waals surface area contributed by atoms with Gasteiger partial charge in [-0.2, -0.15) is 0 Å². The van der Waals surface area contributed by atoms with Crippen LogP contribution >= 0.6 is 23.2 Å². The molecular formula is C13H15Cl2N5O. The van der Waals surface area contributed by atoms with Crippen LogP contribution in [0.25, 0.3) is 0 Å². The third-order valence-electron chi connectivity index (χ3n) is 2.71. The maximum absolute atomic E-state index is 12.0. The maximum Gasteiger partial charge on any atom is 0.246 e. The molecule has 2 aromatic rings. The lowest BCUT2D eigenvalue weighted by atomic mass is 10.0. The standard InChI is InChI=1S/C13H15Cl2N5O/c1-13(2,16)11-6-20(19-18-11)7-12(21)17-10-5-8(14)3-4-9(10)15/h3-6H,7,16H2,1-2H3,(H,17,21). The molecule has 0 unspecified atom stereocenters. The van der Waals surface area contributed by atoms with E-state index in [4.69, 9.17) is 28.9 Å². The molecule has 0 aliphatic carbocycles. The van der Waals surface area contributed by atoms with Crippen LogP contribution in [0.2, 0.25) is 10.0 Å². The van der Waals surface area contributed by atoms with E-state index in [1.165, 1.54) is 4.68 Å². The first-order chi connectivity index (χ1) is 9.75. The van der Waals surface area contributed by atoms with Crippen molar-refractivity contribution in [2.45, 2.75) is 25.9 Å². The van der Waals surface area contributed by atoms with Gasteiger partial charge in [-0.25, -0.2) is 4.68 Å². The first-order valence-corrected chi connectivity index (χ1v) is 6.95. The van der Waals surface area contributed by atoms with E-state index in [0.717, 1.165) is 0 Å². The molecule has 0 spiro atoms. The van der Waals surface area contributed by atoms with Gasteiger partial charge in [-0.15, -0.1) is 5.10 Å². The van der Waals surface area contributed by atoms with Gasteiger partial charge in [-0.05, 0) is 32.0 Å². The first-order valence-electron chi connectivity index (χ1n) is 6.20. The van der Waals surface area contributed by atoms with Gasteiger partial charge in [0.15, 0.2) is 0 Å². The van der Waals surface area contributed by atoms with E-state index in [1.807, 2.05) is 13.8 Å². The highest BCUT2D eigenvalue weighted by Crippen LogP contribution is 2.25. The molecule has 1 aromatic carbocycles. The number of anilines is 1. The summed E-state index contributed by atoms with van der Waals surface area (Å²) in [5, 5.41) is 11.4. The SMILES string of the molecule is CC(C)(N)c1cn(CC(=O)Nc2cc(Cl)ccc2Cl)nn1. The third kappa shape index (κ3) is 4.17. The summed E-state index contributed by atoms with van der Waals surface area (Å²) >= 11 is 11.8. The van der Waals surface area contributed by atoms with Crippen molar-refractivity contribution in [2.24, 2.45) is 5.73 Å². The van der Waals surface area contributed by atoms with Gasteiger partial charge in [0.05, 0.1) is 22.4 Å². The summed E-state index contributed by atoms with van der Waals surface area (Å²) in [7, 11) is 0. The Balaban J connectivity index is 2.05. The summed E-state index contributed by atoms with van der Waals surface area (Å²) < 4.78 is 1.41. The zero-order valence-corrected chi connectivity index (χ0v) is 13.1. The van der Waals surface area contributed by atoms with E-state index in [2.05, 4.69) is 15.6 Å². The van der Waals surface area contributed by atoms with Crippen LogP contribution in [0, 0.1) is 0 Å². The van der Waals surface area contributed by atoms with E-state index in [-0.39, 0.29) is 12.5 Å². The topological polar surface area (TPSA) is 85.8 Å². The second-order valence-electron chi connectivity index (χ2n) is 5.20. The van der Waals surface area contributed by atoms with Crippen LogP contribution < -0.4 is 11.1 Å². The summed E-state index contributed by atoms with van der Waals surface area (Å²) in [5.41, 5.74) is 6.37.